The van der Waals surface area contributed by atoms with Gasteiger partial charge in [0.05, 0.1) is 11.2 Å². The van der Waals surface area contributed by atoms with Crippen molar-refractivity contribution in [1.82, 2.24) is 15.3 Å². The lowest BCUT2D eigenvalue weighted by Crippen LogP contribution is -2.32. The second kappa shape index (κ2) is 5.44. The zero-order valence-corrected chi connectivity index (χ0v) is 14.8. The van der Waals surface area contributed by atoms with Gasteiger partial charge in [0.2, 0.25) is 0 Å². The van der Waals surface area contributed by atoms with Gasteiger partial charge in [0.25, 0.3) is 5.95 Å². The molecule has 4 nitrogen and oxygen atoms in total. The molecular formula is C19H24N4. The van der Waals surface area contributed by atoms with E-state index in [9.17, 15) is 0 Å². The highest BCUT2D eigenvalue weighted by atomic mass is 15.1. The fraction of sp³-hybridized carbons (Fsp3) is 0.421. The standard InChI is InChI=1S/C19H24N4/c1-11-7-12(2)17-15(8-11)14(4)21-18(23-17)22-16-10-19(5,6)9-13(3)20-16/h7-9H,10H2,1-6H3,(H,20,21,22,23). The lowest BCUT2D eigenvalue weighted by atomic mass is 9.85. The molecule has 1 aliphatic heterocycles. The summed E-state index contributed by atoms with van der Waals surface area (Å²) in [5, 5.41) is 4.45. The van der Waals surface area contributed by atoms with Gasteiger partial charge in [-0.05, 0) is 44.7 Å². The number of amidine groups is 1. The molecule has 0 aliphatic carbocycles. The molecule has 0 radical (unpaired) electrons. The van der Waals surface area contributed by atoms with E-state index in [2.05, 4.69) is 73.1 Å². The zero-order valence-electron chi connectivity index (χ0n) is 14.8. The van der Waals surface area contributed by atoms with Crippen LogP contribution in [0.3, 0.4) is 0 Å². The number of hydrogen-bond acceptors (Lipinski definition) is 3. The molecule has 0 saturated carbocycles. The number of hydrogen-bond donors (Lipinski definition) is 1. The van der Waals surface area contributed by atoms with Gasteiger partial charge in [-0.15, -0.1) is 0 Å². The van der Waals surface area contributed by atoms with Crippen molar-refractivity contribution in [3.63, 3.8) is 0 Å². The molecule has 0 amide bonds. The van der Waals surface area contributed by atoms with E-state index in [0.717, 1.165) is 34.6 Å². The van der Waals surface area contributed by atoms with Crippen LogP contribution in [0.15, 0.2) is 28.9 Å². The van der Waals surface area contributed by atoms with Gasteiger partial charge in [0.15, 0.2) is 0 Å². The van der Waals surface area contributed by atoms with E-state index in [1.54, 1.807) is 0 Å². The molecular weight excluding hydrogens is 284 g/mol. The van der Waals surface area contributed by atoms with Gasteiger partial charge in [-0.2, -0.15) is 4.99 Å². The van der Waals surface area contributed by atoms with Crippen LogP contribution in [0, 0.1) is 26.2 Å². The maximum absolute atomic E-state index is 4.69. The van der Waals surface area contributed by atoms with E-state index < -0.39 is 0 Å². The van der Waals surface area contributed by atoms with Crippen LogP contribution in [0.4, 0.5) is 5.95 Å². The van der Waals surface area contributed by atoms with Gasteiger partial charge >= 0.3 is 0 Å². The van der Waals surface area contributed by atoms with Crippen LogP contribution < -0.4 is 5.32 Å². The van der Waals surface area contributed by atoms with Crippen LogP contribution in [-0.2, 0) is 0 Å². The summed E-state index contributed by atoms with van der Waals surface area (Å²) in [5.41, 5.74) is 5.60. The molecule has 2 aromatic rings. The quantitative estimate of drug-likeness (QED) is 0.843. The predicted octanol–water partition coefficient (Wildman–Crippen LogP) is 4.51. The highest BCUT2D eigenvalue weighted by Gasteiger charge is 2.23. The van der Waals surface area contributed by atoms with Crippen LogP contribution in [0.5, 0.6) is 0 Å². The van der Waals surface area contributed by atoms with Crippen molar-refractivity contribution in [3.05, 3.63) is 40.7 Å². The Balaban J connectivity index is 2.08. The van der Waals surface area contributed by atoms with Crippen LogP contribution in [0.25, 0.3) is 10.9 Å². The van der Waals surface area contributed by atoms with Crippen molar-refractivity contribution in [3.8, 4) is 0 Å². The van der Waals surface area contributed by atoms with Gasteiger partial charge in [-0.1, -0.05) is 31.6 Å². The molecule has 1 aliphatic rings. The summed E-state index contributed by atoms with van der Waals surface area (Å²) >= 11 is 0. The number of aliphatic imine (C=N–C) groups is 1. The number of rotatable bonds is 1. The zero-order chi connectivity index (χ0) is 16.8. The van der Waals surface area contributed by atoms with Crippen molar-refractivity contribution < 1.29 is 0 Å². The molecule has 120 valence electrons. The van der Waals surface area contributed by atoms with Gasteiger partial charge in [-0.3, -0.25) is 0 Å². The Morgan fingerprint density at radius 3 is 2.52 bits per heavy atom. The molecule has 23 heavy (non-hydrogen) atoms. The number of nitrogens with zero attached hydrogens (tertiary/aromatic N) is 3. The number of fused-ring (bicyclic) bond motifs is 1. The van der Waals surface area contributed by atoms with Crippen molar-refractivity contribution in [1.29, 1.82) is 0 Å². The Kier molecular flexibility index (Phi) is 3.71. The number of aromatic nitrogens is 2. The largest absolute Gasteiger partial charge is 0.348 e. The average molecular weight is 308 g/mol. The predicted molar refractivity (Wildman–Crippen MR) is 96.1 cm³/mol. The molecule has 1 N–H and O–H groups in total. The lowest BCUT2D eigenvalue weighted by molar-refractivity contribution is 0.481. The summed E-state index contributed by atoms with van der Waals surface area (Å²) in [5.74, 6) is 1.47. The SMILES string of the molecule is CC1=CC(C)(C)CC(=Nc2nc(C)c3cc(C)cc(C)c3n2)N1. The van der Waals surface area contributed by atoms with Gasteiger partial charge in [0.1, 0.15) is 5.84 Å². The minimum atomic E-state index is 0.104. The lowest BCUT2D eigenvalue weighted by Gasteiger charge is -2.28. The van der Waals surface area contributed by atoms with E-state index in [-0.39, 0.29) is 5.41 Å². The molecule has 0 atom stereocenters. The number of benzene rings is 1. The van der Waals surface area contributed by atoms with E-state index >= 15 is 0 Å². The van der Waals surface area contributed by atoms with Crippen molar-refractivity contribution in [2.75, 3.05) is 0 Å². The first-order chi connectivity index (χ1) is 10.7. The minimum Gasteiger partial charge on any atom is -0.348 e. The van der Waals surface area contributed by atoms with E-state index in [0.29, 0.717) is 5.95 Å². The van der Waals surface area contributed by atoms with Gasteiger partial charge in [-0.25, -0.2) is 9.97 Å². The third kappa shape index (κ3) is 3.26. The summed E-state index contributed by atoms with van der Waals surface area (Å²) in [7, 11) is 0. The Bertz CT molecular complexity index is 844. The third-order valence-electron chi connectivity index (χ3n) is 4.12. The van der Waals surface area contributed by atoms with Crippen molar-refractivity contribution in [2.45, 2.75) is 48.0 Å². The first-order valence-electron chi connectivity index (χ1n) is 8.03. The summed E-state index contributed by atoms with van der Waals surface area (Å²) in [6.07, 6.45) is 3.10. The molecule has 4 heteroatoms. The van der Waals surface area contributed by atoms with Gasteiger partial charge < -0.3 is 5.32 Å². The fourth-order valence-corrected chi connectivity index (χ4v) is 3.33. The van der Waals surface area contributed by atoms with Crippen molar-refractivity contribution >= 4 is 22.7 Å². The van der Waals surface area contributed by atoms with Gasteiger partial charge in [0, 0.05) is 17.5 Å². The first kappa shape index (κ1) is 15.7. The molecule has 2 heterocycles. The average Bonchev–Trinajstić information content (AvgIpc) is 2.37. The second-order valence-electron chi connectivity index (χ2n) is 7.26. The molecule has 0 spiro atoms. The van der Waals surface area contributed by atoms with E-state index in [4.69, 9.17) is 0 Å². The maximum Gasteiger partial charge on any atom is 0.251 e. The highest BCUT2D eigenvalue weighted by molar-refractivity contribution is 5.89. The third-order valence-corrected chi connectivity index (χ3v) is 4.12. The highest BCUT2D eigenvalue weighted by Crippen LogP contribution is 2.29. The Labute approximate surface area is 137 Å². The molecule has 1 aromatic carbocycles. The molecule has 3 rings (SSSR count). The van der Waals surface area contributed by atoms with Crippen LogP contribution in [0.2, 0.25) is 0 Å². The number of allylic oxidation sites excluding steroid dienone is 2. The Hall–Kier alpha value is -2.23. The van der Waals surface area contributed by atoms with Crippen LogP contribution in [-0.4, -0.2) is 15.8 Å². The smallest absolute Gasteiger partial charge is 0.251 e. The minimum absolute atomic E-state index is 0.104. The summed E-state index contributed by atoms with van der Waals surface area (Å²) in [6, 6.07) is 4.30. The number of nitrogens with one attached hydrogen (secondary N) is 1. The first-order valence-corrected chi connectivity index (χ1v) is 8.03. The molecule has 0 bridgehead atoms. The number of aryl methyl sites for hydroxylation is 3. The van der Waals surface area contributed by atoms with Crippen LogP contribution in [0.1, 0.15) is 44.0 Å². The monoisotopic (exact) mass is 308 g/mol. The summed E-state index contributed by atoms with van der Waals surface area (Å²) in [4.78, 5) is 14.0. The summed E-state index contributed by atoms with van der Waals surface area (Å²) in [6.45, 7) is 12.7. The Morgan fingerprint density at radius 2 is 1.83 bits per heavy atom. The molecule has 0 fully saturated rings. The van der Waals surface area contributed by atoms with E-state index in [1.165, 1.54) is 11.1 Å². The molecule has 0 saturated heterocycles. The van der Waals surface area contributed by atoms with Crippen LogP contribution >= 0.6 is 0 Å². The summed E-state index contributed by atoms with van der Waals surface area (Å²) < 4.78 is 0. The maximum atomic E-state index is 4.69. The second-order valence-corrected chi connectivity index (χ2v) is 7.26. The van der Waals surface area contributed by atoms with Crippen molar-refractivity contribution in [2.24, 2.45) is 10.4 Å². The molecule has 0 unspecified atom stereocenters. The topological polar surface area (TPSA) is 50.2 Å². The Morgan fingerprint density at radius 1 is 1.09 bits per heavy atom. The molecule has 1 aromatic heterocycles. The normalized spacial score (nSPS) is 18.9. The van der Waals surface area contributed by atoms with E-state index in [1.807, 2.05) is 6.92 Å². The fourth-order valence-electron chi connectivity index (χ4n) is 3.33.